The first-order chi connectivity index (χ1) is 15.4. The number of benzene rings is 2. The molecule has 2 amide bonds. The lowest BCUT2D eigenvalue weighted by atomic mass is 9.73. The molecule has 168 valence electrons. The molecule has 0 unspecified atom stereocenters. The van der Waals surface area contributed by atoms with Gasteiger partial charge < -0.3 is 15.1 Å². The lowest BCUT2D eigenvalue weighted by molar-refractivity contribution is -0.121. The topological polar surface area (TPSA) is 52.7 Å². The van der Waals surface area contributed by atoms with Crippen LogP contribution in [0.4, 0.5) is 5.69 Å². The molecule has 5 heteroatoms. The molecule has 5 nitrogen and oxygen atoms in total. The zero-order valence-corrected chi connectivity index (χ0v) is 19.1. The number of piperidine rings is 1. The number of carbonyl (C=O) groups excluding carboxylic acids is 2. The summed E-state index contributed by atoms with van der Waals surface area (Å²) in [7, 11) is 4.01. The molecule has 32 heavy (non-hydrogen) atoms. The van der Waals surface area contributed by atoms with Gasteiger partial charge in [0.15, 0.2) is 0 Å². The Morgan fingerprint density at radius 1 is 1.03 bits per heavy atom. The third kappa shape index (κ3) is 4.01. The van der Waals surface area contributed by atoms with Crippen molar-refractivity contribution in [3.8, 4) is 0 Å². The summed E-state index contributed by atoms with van der Waals surface area (Å²) >= 11 is 0. The van der Waals surface area contributed by atoms with Gasteiger partial charge in [-0.3, -0.25) is 9.59 Å². The van der Waals surface area contributed by atoms with E-state index in [-0.39, 0.29) is 23.1 Å². The molecule has 1 N–H and O–H groups in total. The van der Waals surface area contributed by atoms with E-state index in [1.165, 1.54) is 11.1 Å². The highest BCUT2D eigenvalue weighted by Gasteiger charge is 2.46. The molecular weight excluding hydrogens is 398 g/mol. The first-order valence-corrected chi connectivity index (χ1v) is 11.9. The monoisotopic (exact) mass is 431 g/mol. The summed E-state index contributed by atoms with van der Waals surface area (Å²) in [6, 6.07) is 17.0. The van der Waals surface area contributed by atoms with Crippen molar-refractivity contribution in [1.29, 1.82) is 0 Å². The highest BCUT2D eigenvalue weighted by Crippen LogP contribution is 2.52. The van der Waals surface area contributed by atoms with Gasteiger partial charge in [-0.05, 0) is 78.8 Å². The number of anilines is 1. The fourth-order valence-corrected chi connectivity index (χ4v) is 5.64. The highest BCUT2D eigenvalue weighted by molar-refractivity contribution is 5.94. The van der Waals surface area contributed by atoms with Crippen LogP contribution >= 0.6 is 0 Å². The molecule has 0 aromatic heterocycles. The molecule has 0 bridgehead atoms. The first-order valence-electron chi connectivity index (χ1n) is 11.9. The minimum Gasteiger partial charge on any atom is -0.378 e. The van der Waals surface area contributed by atoms with Crippen molar-refractivity contribution in [2.75, 3.05) is 32.1 Å². The van der Waals surface area contributed by atoms with Crippen molar-refractivity contribution in [1.82, 2.24) is 10.2 Å². The number of nitrogens with zero attached hydrogens (tertiary/aromatic N) is 2. The average Bonchev–Trinajstić information content (AvgIpc) is 3.57. The van der Waals surface area contributed by atoms with E-state index in [2.05, 4.69) is 29.6 Å². The van der Waals surface area contributed by atoms with Crippen molar-refractivity contribution < 1.29 is 9.59 Å². The number of rotatable bonds is 5. The Balaban J connectivity index is 1.27. The van der Waals surface area contributed by atoms with Crippen molar-refractivity contribution in [2.24, 2.45) is 0 Å². The van der Waals surface area contributed by atoms with Crippen LogP contribution in [0.25, 0.3) is 0 Å². The second kappa shape index (κ2) is 8.27. The van der Waals surface area contributed by atoms with E-state index in [0.29, 0.717) is 12.5 Å². The van der Waals surface area contributed by atoms with Gasteiger partial charge in [0.2, 0.25) is 5.91 Å². The van der Waals surface area contributed by atoms with Crippen LogP contribution in [0.5, 0.6) is 0 Å². The van der Waals surface area contributed by atoms with E-state index in [0.717, 1.165) is 56.4 Å². The standard InChI is InChI=1S/C27H33N3O2/c1-29(2)22-11-7-19(8-12-22)26(32)30-15-13-27(14-16-30)18-20(17-25(31)28-21-9-10-21)23-5-3-4-6-24(23)27/h3-8,11-12,20-21H,9-10,13-18H2,1-2H3,(H,28,31)/t20-/m0/s1. The predicted molar refractivity (Wildman–Crippen MR) is 127 cm³/mol. The van der Waals surface area contributed by atoms with Gasteiger partial charge >= 0.3 is 0 Å². The summed E-state index contributed by atoms with van der Waals surface area (Å²) in [4.78, 5) is 29.7. The molecule has 2 aromatic rings. The summed E-state index contributed by atoms with van der Waals surface area (Å²) in [5, 5.41) is 3.16. The number of fused-ring (bicyclic) bond motifs is 2. The molecule has 5 rings (SSSR count). The molecule has 1 saturated heterocycles. The van der Waals surface area contributed by atoms with Crippen LogP contribution in [0.2, 0.25) is 0 Å². The van der Waals surface area contributed by atoms with E-state index in [1.54, 1.807) is 0 Å². The first kappa shape index (κ1) is 21.0. The number of amides is 2. The number of hydrogen-bond donors (Lipinski definition) is 1. The van der Waals surface area contributed by atoms with Crippen LogP contribution in [-0.2, 0) is 10.2 Å². The van der Waals surface area contributed by atoms with E-state index in [4.69, 9.17) is 0 Å². The Morgan fingerprint density at radius 2 is 1.72 bits per heavy atom. The quantitative estimate of drug-likeness (QED) is 0.776. The van der Waals surface area contributed by atoms with E-state index in [9.17, 15) is 9.59 Å². The molecule has 2 aliphatic carbocycles. The van der Waals surface area contributed by atoms with Crippen LogP contribution in [-0.4, -0.2) is 49.9 Å². The van der Waals surface area contributed by atoms with Crippen molar-refractivity contribution >= 4 is 17.5 Å². The van der Waals surface area contributed by atoms with Crippen molar-refractivity contribution in [3.63, 3.8) is 0 Å². The molecule has 1 aliphatic heterocycles. The van der Waals surface area contributed by atoms with E-state index in [1.807, 2.05) is 48.2 Å². The molecule has 0 radical (unpaired) electrons. The van der Waals surface area contributed by atoms with Gasteiger partial charge in [-0.2, -0.15) is 0 Å². The Morgan fingerprint density at radius 3 is 2.38 bits per heavy atom. The summed E-state index contributed by atoms with van der Waals surface area (Å²) in [5.74, 6) is 0.598. The maximum Gasteiger partial charge on any atom is 0.253 e. The van der Waals surface area contributed by atoms with Gasteiger partial charge in [0.1, 0.15) is 0 Å². The fourth-order valence-electron chi connectivity index (χ4n) is 5.64. The van der Waals surface area contributed by atoms with Crippen LogP contribution in [0.1, 0.15) is 65.9 Å². The normalized spacial score (nSPS) is 21.3. The smallest absolute Gasteiger partial charge is 0.253 e. The summed E-state index contributed by atoms with van der Waals surface area (Å²) < 4.78 is 0. The summed E-state index contributed by atoms with van der Waals surface area (Å²) in [5.41, 5.74) is 4.70. The Labute approximate surface area is 190 Å². The lowest BCUT2D eigenvalue weighted by Crippen LogP contribution is -2.44. The zero-order chi connectivity index (χ0) is 22.3. The Hall–Kier alpha value is -2.82. The van der Waals surface area contributed by atoms with E-state index >= 15 is 0 Å². The number of carbonyl (C=O) groups is 2. The molecule has 1 atom stereocenters. The lowest BCUT2D eigenvalue weighted by Gasteiger charge is -2.40. The molecule has 1 heterocycles. The number of hydrogen-bond acceptors (Lipinski definition) is 3. The number of likely N-dealkylation sites (tertiary alicyclic amines) is 1. The summed E-state index contributed by atoms with van der Waals surface area (Å²) in [6.45, 7) is 1.53. The van der Waals surface area contributed by atoms with Gasteiger partial charge in [0.25, 0.3) is 5.91 Å². The molecule has 1 saturated carbocycles. The SMILES string of the molecule is CN(C)c1ccc(C(=O)N2CCC3(CC2)C[C@H](CC(=O)NC2CC2)c2ccccc23)cc1. The Kier molecular flexibility index (Phi) is 5.44. The van der Waals surface area contributed by atoms with Gasteiger partial charge in [-0.1, -0.05) is 24.3 Å². The predicted octanol–water partition coefficient (Wildman–Crippen LogP) is 4.08. The third-order valence-electron chi connectivity index (χ3n) is 7.62. The van der Waals surface area contributed by atoms with Gasteiger partial charge in [-0.25, -0.2) is 0 Å². The Bertz CT molecular complexity index is 1000. The van der Waals surface area contributed by atoms with Crippen LogP contribution in [0.15, 0.2) is 48.5 Å². The van der Waals surface area contributed by atoms with E-state index < -0.39 is 0 Å². The molecule has 3 aliphatic rings. The average molecular weight is 432 g/mol. The highest BCUT2D eigenvalue weighted by atomic mass is 16.2. The second-order valence-corrected chi connectivity index (χ2v) is 10.0. The maximum absolute atomic E-state index is 13.1. The van der Waals surface area contributed by atoms with Crippen LogP contribution in [0, 0.1) is 0 Å². The second-order valence-electron chi connectivity index (χ2n) is 10.0. The van der Waals surface area contributed by atoms with Crippen LogP contribution < -0.4 is 10.2 Å². The molecular formula is C27H33N3O2. The molecule has 1 spiro atoms. The van der Waals surface area contributed by atoms with Crippen molar-refractivity contribution in [2.45, 2.75) is 55.9 Å². The molecule has 2 aromatic carbocycles. The van der Waals surface area contributed by atoms with Gasteiger partial charge in [0.05, 0.1) is 0 Å². The van der Waals surface area contributed by atoms with Crippen LogP contribution in [0.3, 0.4) is 0 Å². The minimum atomic E-state index is 0.0900. The summed E-state index contributed by atoms with van der Waals surface area (Å²) in [6.07, 6.45) is 5.77. The largest absolute Gasteiger partial charge is 0.378 e. The zero-order valence-electron chi connectivity index (χ0n) is 19.1. The fraction of sp³-hybridized carbons (Fsp3) is 0.481. The number of nitrogens with one attached hydrogen (secondary N) is 1. The van der Waals surface area contributed by atoms with Crippen molar-refractivity contribution in [3.05, 3.63) is 65.2 Å². The third-order valence-corrected chi connectivity index (χ3v) is 7.62. The maximum atomic E-state index is 13.1. The molecule has 2 fully saturated rings. The van der Waals surface area contributed by atoms with Gasteiger partial charge in [0, 0.05) is 50.9 Å². The van der Waals surface area contributed by atoms with Gasteiger partial charge in [-0.15, -0.1) is 0 Å². The minimum absolute atomic E-state index is 0.0900.